The molecule has 0 saturated heterocycles. The molecule has 4 aromatic rings. The van der Waals surface area contributed by atoms with Gasteiger partial charge in [0.15, 0.2) is 0 Å². The summed E-state index contributed by atoms with van der Waals surface area (Å²) in [6.45, 7) is 2.09. The molecule has 0 atom stereocenters. The summed E-state index contributed by atoms with van der Waals surface area (Å²) in [5, 5.41) is 3.95. The number of aryl methyl sites for hydroxylation is 1. The number of aromatic nitrogens is 1. The second-order valence-corrected chi connectivity index (χ2v) is 8.36. The zero-order chi connectivity index (χ0) is 19.5. The van der Waals surface area contributed by atoms with Gasteiger partial charge in [-0.1, -0.05) is 54.6 Å². The fourth-order valence-electron chi connectivity index (χ4n) is 2.92. The number of carbonyl (C=O) groups excluding carboxylic acids is 1. The van der Waals surface area contributed by atoms with Gasteiger partial charge in [0.25, 0.3) is 5.91 Å². The second kappa shape index (κ2) is 8.09. The summed E-state index contributed by atoms with van der Waals surface area (Å²) in [7, 11) is 0. The van der Waals surface area contributed by atoms with E-state index < -0.39 is 0 Å². The molecular weight excluding hydrogens is 432 g/mol. The van der Waals surface area contributed by atoms with Crippen molar-refractivity contribution in [3.05, 3.63) is 93.8 Å². The molecule has 0 bridgehead atoms. The van der Waals surface area contributed by atoms with Crippen molar-refractivity contribution in [2.24, 2.45) is 0 Å². The van der Waals surface area contributed by atoms with E-state index >= 15 is 0 Å². The SMILES string of the molecule is Cc1sc(-c2ccccc2)nc1-c1ccc(NC(=O)c2ccccc2Br)cc1. The highest BCUT2D eigenvalue weighted by Crippen LogP contribution is 2.33. The van der Waals surface area contributed by atoms with E-state index in [1.165, 1.54) is 4.88 Å². The third-order valence-electron chi connectivity index (χ3n) is 4.35. The van der Waals surface area contributed by atoms with Gasteiger partial charge in [0.2, 0.25) is 0 Å². The molecule has 0 fully saturated rings. The number of benzene rings is 3. The van der Waals surface area contributed by atoms with Crippen LogP contribution in [0.15, 0.2) is 83.3 Å². The van der Waals surface area contributed by atoms with Crippen LogP contribution in [-0.4, -0.2) is 10.9 Å². The minimum absolute atomic E-state index is 0.142. The Morgan fingerprint density at radius 1 is 0.893 bits per heavy atom. The van der Waals surface area contributed by atoms with Crippen LogP contribution in [0.5, 0.6) is 0 Å². The number of thiazole rings is 1. The third-order valence-corrected chi connectivity index (χ3v) is 6.06. The van der Waals surface area contributed by atoms with E-state index in [1.54, 1.807) is 17.4 Å². The number of anilines is 1. The molecule has 4 rings (SSSR count). The first-order valence-electron chi connectivity index (χ1n) is 8.81. The van der Waals surface area contributed by atoms with Crippen LogP contribution in [0, 0.1) is 6.92 Å². The van der Waals surface area contributed by atoms with E-state index in [2.05, 4.69) is 40.3 Å². The maximum absolute atomic E-state index is 12.5. The van der Waals surface area contributed by atoms with Gasteiger partial charge < -0.3 is 5.32 Å². The van der Waals surface area contributed by atoms with Gasteiger partial charge in [-0.25, -0.2) is 4.98 Å². The largest absolute Gasteiger partial charge is 0.322 e. The molecule has 0 aliphatic carbocycles. The van der Waals surface area contributed by atoms with Crippen molar-refractivity contribution < 1.29 is 4.79 Å². The van der Waals surface area contributed by atoms with Crippen molar-refractivity contribution in [2.45, 2.75) is 6.92 Å². The third kappa shape index (κ3) is 3.91. The molecule has 0 aliphatic rings. The number of nitrogens with one attached hydrogen (secondary N) is 1. The van der Waals surface area contributed by atoms with Crippen molar-refractivity contribution in [1.82, 2.24) is 4.98 Å². The van der Waals surface area contributed by atoms with Crippen LogP contribution in [-0.2, 0) is 0 Å². The topological polar surface area (TPSA) is 42.0 Å². The zero-order valence-electron chi connectivity index (χ0n) is 15.1. The zero-order valence-corrected chi connectivity index (χ0v) is 17.5. The van der Waals surface area contributed by atoms with E-state index in [9.17, 15) is 4.79 Å². The number of hydrogen-bond acceptors (Lipinski definition) is 3. The number of carbonyl (C=O) groups is 1. The summed E-state index contributed by atoms with van der Waals surface area (Å²) in [4.78, 5) is 18.4. The van der Waals surface area contributed by atoms with Crippen LogP contribution >= 0.6 is 27.3 Å². The molecule has 0 radical (unpaired) electrons. The quantitative estimate of drug-likeness (QED) is 0.372. The van der Waals surface area contributed by atoms with Crippen LogP contribution in [0.2, 0.25) is 0 Å². The van der Waals surface area contributed by atoms with Gasteiger partial charge in [0, 0.05) is 26.2 Å². The molecule has 1 amide bonds. The molecule has 1 aromatic heterocycles. The van der Waals surface area contributed by atoms with Crippen molar-refractivity contribution in [3.63, 3.8) is 0 Å². The lowest BCUT2D eigenvalue weighted by molar-refractivity contribution is 0.102. The van der Waals surface area contributed by atoms with Gasteiger partial charge in [0.05, 0.1) is 11.3 Å². The van der Waals surface area contributed by atoms with Gasteiger partial charge in [0.1, 0.15) is 5.01 Å². The Labute approximate surface area is 176 Å². The molecule has 28 heavy (non-hydrogen) atoms. The van der Waals surface area contributed by atoms with Crippen molar-refractivity contribution in [2.75, 3.05) is 5.32 Å². The summed E-state index contributed by atoms with van der Waals surface area (Å²) in [6, 6.07) is 25.4. The highest BCUT2D eigenvalue weighted by atomic mass is 79.9. The Morgan fingerprint density at radius 2 is 1.57 bits per heavy atom. The van der Waals surface area contributed by atoms with Crippen molar-refractivity contribution in [3.8, 4) is 21.8 Å². The fourth-order valence-corrected chi connectivity index (χ4v) is 4.33. The molecule has 0 unspecified atom stereocenters. The molecule has 5 heteroatoms. The van der Waals surface area contributed by atoms with Gasteiger partial charge in [-0.2, -0.15) is 0 Å². The Balaban J connectivity index is 1.55. The summed E-state index contributed by atoms with van der Waals surface area (Å²) < 4.78 is 0.774. The van der Waals surface area contributed by atoms with Gasteiger partial charge in [-0.05, 0) is 47.1 Å². The Bertz CT molecular complexity index is 1120. The molecule has 138 valence electrons. The van der Waals surface area contributed by atoms with Crippen LogP contribution < -0.4 is 5.32 Å². The molecule has 0 aliphatic heterocycles. The number of nitrogens with zero attached hydrogens (tertiary/aromatic N) is 1. The Kier molecular flexibility index (Phi) is 5.37. The highest BCUT2D eigenvalue weighted by molar-refractivity contribution is 9.10. The van der Waals surface area contributed by atoms with Gasteiger partial charge in [-0.15, -0.1) is 11.3 Å². The molecule has 3 aromatic carbocycles. The predicted octanol–water partition coefficient (Wildman–Crippen LogP) is 6.80. The number of rotatable bonds is 4. The average Bonchev–Trinajstić information content (AvgIpc) is 3.11. The monoisotopic (exact) mass is 448 g/mol. The van der Waals surface area contributed by atoms with E-state index in [4.69, 9.17) is 4.98 Å². The van der Waals surface area contributed by atoms with Crippen LogP contribution in [0.25, 0.3) is 21.8 Å². The summed E-state index contributed by atoms with van der Waals surface area (Å²) >= 11 is 5.10. The minimum atomic E-state index is -0.142. The van der Waals surface area contributed by atoms with Gasteiger partial charge in [-0.3, -0.25) is 4.79 Å². The van der Waals surface area contributed by atoms with Crippen molar-refractivity contribution in [1.29, 1.82) is 0 Å². The predicted molar refractivity (Wildman–Crippen MR) is 120 cm³/mol. The molecule has 0 saturated carbocycles. The van der Waals surface area contributed by atoms with Gasteiger partial charge >= 0.3 is 0 Å². The van der Waals surface area contributed by atoms with E-state index in [0.717, 1.165) is 32.0 Å². The highest BCUT2D eigenvalue weighted by Gasteiger charge is 2.12. The standard InChI is InChI=1S/C23H17BrN2OS/c1-15-21(26-23(28-15)17-7-3-2-4-8-17)16-11-13-18(14-12-16)25-22(27)19-9-5-6-10-20(19)24/h2-14H,1H3,(H,25,27). The van der Waals surface area contributed by atoms with E-state index in [-0.39, 0.29) is 5.91 Å². The smallest absolute Gasteiger partial charge is 0.256 e. The van der Waals surface area contributed by atoms with E-state index in [1.807, 2.05) is 60.7 Å². The first-order valence-corrected chi connectivity index (χ1v) is 10.4. The maximum Gasteiger partial charge on any atom is 0.256 e. The normalized spacial score (nSPS) is 10.6. The Hall–Kier alpha value is -2.76. The Morgan fingerprint density at radius 3 is 2.29 bits per heavy atom. The molecule has 1 heterocycles. The first kappa shape index (κ1) is 18.6. The summed E-state index contributed by atoms with van der Waals surface area (Å²) in [6.07, 6.45) is 0. The lowest BCUT2D eigenvalue weighted by Crippen LogP contribution is -2.12. The summed E-state index contributed by atoms with van der Waals surface area (Å²) in [5.74, 6) is -0.142. The van der Waals surface area contributed by atoms with Crippen LogP contribution in [0.4, 0.5) is 5.69 Å². The summed E-state index contributed by atoms with van der Waals surface area (Å²) in [5.41, 5.74) is 4.50. The fraction of sp³-hybridized carbons (Fsp3) is 0.0435. The number of hydrogen-bond donors (Lipinski definition) is 1. The molecule has 3 nitrogen and oxygen atoms in total. The number of halogens is 1. The lowest BCUT2D eigenvalue weighted by atomic mass is 10.1. The molecule has 1 N–H and O–H groups in total. The van der Waals surface area contributed by atoms with Crippen LogP contribution in [0.3, 0.4) is 0 Å². The number of amides is 1. The average molecular weight is 449 g/mol. The first-order chi connectivity index (χ1) is 13.6. The second-order valence-electron chi connectivity index (χ2n) is 6.30. The molecular formula is C23H17BrN2OS. The van der Waals surface area contributed by atoms with Crippen molar-refractivity contribution >= 4 is 38.9 Å². The van der Waals surface area contributed by atoms with Crippen LogP contribution in [0.1, 0.15) is 15.2 Å². The minimum Gasteiger partial charge on any atom is -0.322 e. The van der Waals surface area contributed by atoms with E-state index in [0.29, 0.717) is 5.56 Å². The lowest BCUT2D eigenvalue weighted by Gasteiger charge is -2.07. The maximum atomic E-state index is 12.5. The molecule has 0 spiro atoms.